The summed E-state index contributed by atoms with van der Waals surface area (Å²) in [5.41, 5.74) is 8.78. The third-order valence-corrected chi connectivity index (χ3v) is 4.78. The molecule has 2 aromatic carbocycles. The number of halogens is 2. The van der Waals surface area contributed by atoms with Gasteiger partial charge in [0.05, 0.1) is 5.60 Å². The first kappa shape index (κ1) is 13.9. The molecule has 0 radical (unpaired) electrons. The van der Waals surface area contributed by atoms with E-state index in [4.69, 9.17) is 17.3 Å². The Morgan fingerprint density at radius 2 is 2.05 bits per heavy atom. The maximum Gasteiger partial charge on any atom is 0.0943 e. The van der Waals surface area contributed by atoms with E-state index in [1.165, 1.54) is 0 Å². The fourth-order valence-electron chi connectivity index (χ4n) is 2.91. The van der Waals surface area contributed by atoms with Crippen LogP contribution in [0.5, 0.6) is 0 Å². The van der Waals surface area contributed by atoms with Crippen LogP contribution in [-0.2, 0) is 18.4 Å². The molecule has 0 fully saturated rings. The van der Waals surface area contributed by atoms with Gasteiger partial charge in [0.15, 0.2) is 0 Å². The highest BCUT2D eigenvalue weighted by Crippen LogP contribution is 2.41. The second-order valence-electron chi connectivity index (χ2n) is 5.36. The number of rotatable bonds is 2. The predicted octanol–water partition coefficient (Wildman–Crippen LogP) is 4.06. The minimum Gasteiger partial charge on any atom is -0.399 e. The van der Waals surface area contributed by atoms with Gasteiger partial charge in [0.25, 0.3) is 0 Å². The van der Waals surface area contributed by atoms with Crippen molar-refractivity contribution in [2.75, 3.05) is 5.73 Å². The van der Waals surface area contributed by atoms with Crippen LogP contribution in [0.25, 0.3) is 0 Å². The van der Waals surface area contributed by atoms with Crippen LogP contribution in [0, 0.1) is 0 Å². The van der Waals surface area contributed by atoms with Crippen molar-refractivity contribution in [1.29, 1.82) is 0 Å². The molecule has 0 heterocycles. The van der Waals surface area contributed by atoms with Crippen LogP contribution < -0.4 is 5.73 Å². The van der Waals surface area contributed by atoms with Gasteiger partial charge in [-0.25, -0.2) is 0 Å². The number of nitrogens with two attached hydrogens (primary N) is 1. The fourth-order valence-corrected chi connectivity index (χ4v) is 3.65. The van der Waals surface area contributed by atoms with E-state index in [1.54, 1.807) is 0 Å². The summed E-state index contributed by atoms with van der Waals surface area (Å²) >= 11 is 9.66. The zero-order valence-electron chi connectivity index (χ0n) is 10.9. The van der Waals surface area contributed by atoms with Crippen molar-refractivity contribution in [3.05, 3.63) is 62.6 Å². The van der Waals surface area contributed by atoms with Crippen LogP contribution in [0.1, 0.15) is 23.1 Å². The molecule has 1 aliphatic rings. The zero-order valence-corrected chi connectivity index (χ0v) is 13.2. The molecule has 1 unspecified atom stereocenters. The number of anilines is 1. The number of nitrogen functional groups attached to an aromatic ring is 1. The van der Waals surface area contributed by atoms with Crippen LogP contribution in [0.15, 0.2) is 40.9 Å². The van der Waals surface area contributed by atoms with Crippen LogP contribution in [0.3, 0.4) is 0 Å². The van der Waals surface area contributed by atoms with Gasteiger partial charge in [0.1, 0.15) is 0 Å². The Hall–Kier alpha value is -1.03. The molecule has 3 N–H and O–H groups in total. The first-order valence-corrected chi connectivity index (χ1v) is 7.70. The highest BCUT2D eigenvalue weighted by Gasteiger charge is 2.37. The summed E-state index contributed by atoms with van der Waals surface area (Å²) in [6, 6.07) is 11.5. The van der Waals surface area contributed by atoms with Gasteiger partial charge in [-0.2, -0.15) is 0 Å². The topological polar surface area (TPSA) is 46.2 Å². The number of fused-ring (bicyclic) bond motifs is 1. The van der Waals surface area contributed by atoms with Gasteiger partial charge in [0, 0.05) is 21.6 Å². The van der Waals surface area contributed by atoms with Crippen molar-refractivity contribution < 1.29 is 5.11 Å². The van der Waals surface area contributed by atoms with Crippen molar-refractivity contribution >= 4 is 33.2 Å². The summed E-state index contributed by atoms with van der Waals surface area (Å²) < 4.78 is 0.942. The number of aliphatic hydroxyl groups is 1. The smallest absolute Gasteiger partial charge is 0.0943 e. The number of hydrogen-bond donors (Lipinski definition) is 2. The minimum absolute atomic E-state index is 0.524. The van der Waals surface area contributed by atoms with E-state index in [0.29, 0.717) is 17.9 Å². The van der Waals surface area contributed by atoms with E-state index < -0.39 is 5.60 Å². The molecule has 0 saturated heterocycles. The van der Waals surface area contributed by atoms with Crippen molar-refractivity contribution in [1.82, 2.24) is 0 Å². The molecule has 1 aliphatic carbocycles. The summed E-state index contributed by atoms with van der Waals surface area (Å²) in [6.07, 6.45) is 2.08. The average molecular weight is 353 g/mol. The number of benzene rings is 2. The van der Waals surface area contributed by atoms with Crippen LogP contribution in [0.2, 0.25) is 5.02 Å². The van der Waals surface area contributed by atoms with E-state index in [9.17, 15) is 5.11 Å². The van der Waals surface area contributed by atoms with Crippen molar-refractivity contribution in [2.45, 2.75) is 24.9 Å². The lowest BCUT2D eigenvalue weighted by molar-refractivity contribution is 0.0390. The maximum atomic E-state index is 11.0. The normalized spacial score (nSPS) is 20.9. The second-order valence-corrected chi connectivity index (χ2v) is 6.68. The number of hydrogen-bond acceptors (Lipinski definition) is 2. The van der Waals surface area contributed by atoms with Crippen molar-refractivity contribution in [3.8, 4) is 0 Å². The summed E-state index contributed by atoms with van der Waals surface area (Å²) in [6.45, 7) is 0. The Bertz CT molecular complexity index is 674. The summed E-state index contributed by atoms with van der Waals surface area (Å²) in [5, 5.41) is 11.6. The van der Waals surface area contributed by atoms with E-state index in [0.717, 1.165) is 33.3 Å². The van der Waals surface area contributed by atoms with E-state index in [2.05, 4.69) is 15.9 Å². The van der Waals surface area contributed by atoms with E-state index in [1.807, 2.05) is 36.4 Å². The number of aryl methyl sites for hydroxylation is 1. The largest absolute Gasteiger partial charge is 0.399 e. The maximum absolute atomic E-state index is 11.0. The minimum atomic E-state index is -0.847. The monoisotopic (exact) mass is 351 g/mol. The summed E-state index contributed by atoms with van der Waals surface area (Å²) in [4.78, 5) is 0. The average Bonchev–Trinajstić information content (AvgIpc) is 2.70. The fraction of sp³-hybridized carbons (Fsp3) is 0.250. The molecule has 0 bridgehead atoms. The SMILES string of the molecule is Nc1ccc2c(c1)CCC2(O)Cc1ccc(Br)cc1Cl. The molecule has 20 heavy (non-hydrogen) atoms. The van der Waals surface area contributed by atoms with Crippen molar-refractivity contribution in [3.63, 3.8) is 0 Å². The Morgan fingerprint density at radius 1 is 1.25 bits per heavy atom. The molecule has 4 heteroatoms. The highest BCUT2D eigenvalue weighted by atomic mass is 79.9. The molecule has 2 aromatic rings. The van der Waals surface area contributed by atoms with E-state index >= 15 is 0 Å². The van der Waals surface area contributed by atoms with Crippen molar-refractivity contribution in [2.24, 2.45) is 0 Å². The predicted molar refractivity (Wildman–Crippen MR) is 85.9 cm³/mol. The third-order valence-electron chi connectivity index (χ3n) is 3.94. The molecular weight excluding hydrogens is 338 g/mol. The Kier molecular flexibility index (Phi) is 3.53. The molecule has 0 amide bonds. The Labute approximate surface area is 131 Å². The molecule has 3 rings (SSSR count). The van der Waals surface area contributed by atoms with Gasteiger partial charge >= 0.3 is 0 Å². The van der Waals surface area contributed by atoms with E-state index in [-0.39, 0.29) is 0 Å². The highest BCUT2D eigenvalue weighted by molar-refractivity contribution is 9.10. The lowest BCUT2D eigenvalue weighted by Crippen LogP contribution is -2.25. The molecule has 104 valence electrons. The molecule has 0 spiro atoms. The zero-order chi connectivity index (χ0) is 14.3. The second kappa shape index (κ2) is 5.06. The summed E-state index contributed by atoms with van der Waals surface area (Å²) in [5.74, 6) is 0. The van der Waals surface area contributed by atoms with Gasteiger partial charge in [-0.3, -0.25) is 0 Å². The summed E-state index contributed by atoms with van der Waals surface area (Å²) in [7, 11) is 0. The van der Waals surface area contributed by atoms with Crippen LogP contribution in [0.4, 0.5) is 5.69 Å². The molecule has 0 aromatic heterocycles. The Morgan fingerprint density at radius 3 is 2.80 bits per heavy atom. The van der Waals surface area contributed by atoms with Gasteiger partial charge in [-0.1, -0.05) is 39.7 Å². The van der Waals surface area contributed by atoms with Gasteiger partial charge in [-0.05, 0) is 53.8 Å². The first-order chi connectivity index (χ1) is 9.48. The van der Waals surface area contributed by atoms with Gasteiger partial charge in [0.2, 0.25) is 0 Å². The van der Waals surface area contributed by atoms with Crippen LogP contribution in [-0.4, -0.2) is 5.11 Å². The lowest BCUT2D eigenvalue weighted by atomic mass is 9.88. The molecule has 2 nitrogen and oxygen atoms in total. The standard InChI is InChI=1S/C16H15BrClNO/c17-12-2-1-11(15(18)8-12)9-16(20)6-5-10-7-13(19)3-4-14(10)16/h1-4,7-8,20H,5-6,9,19H2. The van der Waals surface area contributed by atoms with Gasteiger partial charge < -0.3 is 10.8 Å². The van der Waals surface area contributed by atoms with Crippen LogP contribution >= 0.6 is 27.5 Å². The van der Waals surface area contributed by atoms with Gasteiger partial charge in [-0.15, -0.1) is 0 Å². The Balaban J connectivity index is 1.96. The first-order valence-electron chi connectivity index (χ1n) is 6.53. The molecular formula is C16H15BrClNO. The molecule has 0 aliphatic heterocycles. The lowest BCUT2D eigenvalue weighted by Gasteiger charge is -2.25. The quantitative estimate of drug-likeness (QED) is 0.801. The third kappa shape index (κ3) is 2.46. The molecule has 1 atom stereocenters. The molecule has 0 saturated carbocycles.